The second-order valence-corrected chi connectivity index (χ2v) is 14.6. The van der Waals surface area contributed by atoms with E-state index in [1.165, 1.54) is 5.56 Å². The highest BCUT2D eigenvalue weighted by atomic mass is 19.1. The number of alkyl halides is 1. The van der Waals surface area contributed by atoms with Crippen molar-refractivity contribution in [3.63, 3.8) is 0 Å². The molecule has 6 rings (SSSR count). The largest absolute Gasteiger partial charge is 0.457 e. The van der Waals surface area contributed by atoms with Crippen LogP contribution in [0, 0.1) is 6.92 Å². The molecule has 304 valence electrons. The molecular formula is C47H55FN6O4. The molecule has 1 aromatic heterocycles. The van der Waals surface area contributed by atoms with Crippen molar-refractivity contribution in [2.24, 2.45) is 0 Å². The summed E-state index contributed by atoms with van der Waals surface area (Å²) in [4.78, 5) is 47.2. The van der Waals surface area contributed by atoms with Crippen molar-refractivity contribution in [3.8, 4) is 11.5 Å². The van der Waals surface area contributed by atoms with Gasteiger partial charge in [0.2, 0.25) is 5.91 Å². The molecule has 1 fully saturated rings. The van der Waals surface area contributed by atoms with E-state index < -0.39 is 0 Å². The lowest BCUT2D eigenvalue weighted by Crippen LogP contribution is -2.43. The number of carbonyl (C=O) groups is 3. The fourth-order valence-electron chi connectivity index (χ4n) is 7.25. The van der Waals surface area contributed by atoms with Crippen LogP contribution in [0.15, 0.2) is 110 Å². The summed E-state index contributed by atoms with van der Waals surface area (Å²) in [6.07, 6.45) is 5.89. The number of aryl methyl sites for hydroxylation is 1. The highest BCUT2D eigenvalue weighted by Gasteiger charge is 2.24. The maximum Gasteiger partial charge on any atom is 0.251 e. The molecule has 0 spiro atoms. The first-order valence-electron chi connectivity index (χ1n) is 19.7. The minimum absolute atomic E-state index is 0.0484. The predicted octanol–water partition coefficient (Wildman–Crippen LogP) is 8.82. The summed E-state index contributed by atoms with van der Waals surface area (Å²) in [6.45, 7) is 9.94. The summed E-state index contributed by atoms with van der Waals surface area (Å²) in [5.74, 6) is 2.05. The summed E-state index contributed by atoms with van der Waals surface area (Å²) in [5, 5.41) is 11.4. The highest BCUT2D eigenvalue weighted by molar-refractivity contribution is 6.00. The number of benzene rings is 4. The van der Waals surface area contributed by atoms with Gasteiger partial charge < -0.3 is 25.6 Å². The summed E-state index contributed by atoms with van der Waals surface area (Å²) in [5.41, 5.74) is 5.09. The number of pyridine rings is 1. The Bertz CT molecular complexity index is 2170. The van der Waals surface area contributed by atoms with Crippen LogP contribution in [0.1, 0.15) is 76.2 Å². The Hall–Kier alpha value is -6.07. The molecule has 1 aliphatic rings. The SMILES string of the molecule is C=CCCC(C(=O)NC)N(C)Cc1cc(N2CCC(Nc3cccc(C(C)NC(=O)c4ccc5c(Oc6ccc(C)cc6)cccc5c4)n3)CC2)ccc1C=O.CF. The van der Waals surface area contributed by atoms with Crippen LogP contribution in [0.2, 0.25) is 0 Å². The van der Waals surface area contributed by atoms with Gasteiger partial charge in [0.05, 0.1) is 25.0 Å². The van der Waals surface area contributed by atoms with Crippen LogP contribution in [-0.2, 0) is 11.3 Å². The van der Waals surface area contributed by atoms with Gasteiger partial charge in [-0.2, -0.15) is 0 Å². The van der Waals surface area contributed by atoms with E-state index in [0.29, 0.717) is 31.3 Å². The van der Waals surface area contributed by atoms with Gasteiger partial charge in [0, 0.05) is 54.9 Å². The number of nitrogens with zero attached hydrogens (tertiary/aromatic N) is 3. The van der Waals surface area contributed by atoms with Crippen molar-refractivity contribution in [3.05, 3.63) is 138 Å². The van der Waals surface area contributed by atoms with Crippen LogP contribution >= 0.6 is 0 Å². The first-order chi connectivity index (χ1) is 28.1. The number of fused-ring (bicyclic) bond motifs is 1. The van der Waals surface area contributed by atoms with Gasteiger partial charge in [0.1, 0.15) is 23.6 Å². The molecule has 2 amide bonds. The molecule has 2 unspecified atom stereocenters. The maximum atomic E-state index is 13.4. The Morgan fingerprint density at radius 3 is 2.45 bits per heavy atom. The van der Waals surface area contributed by atoms with Crippen molar-refractivity contribution in [1.29, 1.82) is 0 Å². The molecule has 0 saturated carbocycles. The van der Waals surface area contributed by atoms with Crippen LogP contribution < -0.4 is 25.6 Å². The zero-order valence-electron chi connectivity index (χ0n) is 34.1. The van der Waals surface area contributed by atoms with Gasteiger partial charge in [-0.05, 0) is 124 Å². The molecule has 5 aromatic rings. The van der Waals surface area contributed by atoms with E-state index in [9.17, 15) is 18.8 Å². The van der Waals surface area contributed by atoms with E-state index >= 15 is 0 Å². The third-order valence-corrected chi connectivity index (χ3v) is 10.5. The topological polar surface area (TPSA) is 116 Å². The zero-order chi connectivity index (χ0) is 41.6. The molecule has 1 saturated heterocycles. The number of piperidine rings is 1. The number of hydrogen-bond donors (Lipinski definition) is 3. The number of aldehydes is 1. The number of rotatable bonds is 16. The van der Waals surface area contributed by atoms with Crippen molar-refractivity contribution >= 4 is 40.4 Å². The van der Waals surface area contributed by atoms with E-state index in [1.54, 1.807) is 7.05 Å². The van der Waals surface area contributed by atoms with Gasteiger partial charge in [-0.1, -0.05) is 42.0 Å². The number of likely N-dealkylation sites (N-methyl/N-ethyl adjacent to an activating group) is 2. The third kappa shape index (κ3) is 11.1. The number of amides is 2. The first-order valence-corrected chi connectivity index (χ1v) is 19.7. The molecule has 0 radical (unpaired) electrons. The fraction of sp³-hybridized carbons (Fsp3) is 0.319. The lowest BCUT2D eigenvalue weighted by Gasteiger charge is -2.35. The second kappa shape index (κ2) is 20.9. The summed E-state index contributed by atoms with van der Waals surface area (Å²) < 4.78 is 15.7. The Balaban J connectivity index is 0.00000315. The lowest BCUT2D eigenvalue weighted by atomic mass is 10.0. The summed E-state index contributed by atoms with van der Waals surface area (Å²) in [6, 6.07) is 30.9. The molecule has 3 N–H and O–H groups in total. The fourth-order valence-corrected chi connectivity index (χ4v) is 7.25. The Morgan fingerprint density at radius 2 is 1.74 bits per heavy atom. The Kier molecular flexibility index (Phi) is 15.5. The number of hydrogen-bond acceptors (Lipinski definition) is 8. The maximum absolute atomic E-state index is 13.4. The first kappa shape index (κ1) is 43.1. The lowest BCUT2D eigenvalue weighted by molar-refractivity contribution is -0.125. The molecule has 2 heterocycles. The van der Waals surface area contributed by atoms with Crippen molar-refractivity contribution < 1.29 is 23.5 Å². The highest BCUT2D eigenvalue weighted by Crippen LogP contribution is 2.31. The summed E-state index contributed by atoms with van der Waals surface area (Å²) >= 11 is 0. The second-order valence-electron chi connectivity index (χ2n) is 14.6. The number of aromatic nitrogens is 1. The van der Waals surface area contributed by atoms with Crippen LogP contribution in [0.4, 0.5) is 15.9 Å². The molecule has 1 aliphatic heterocycles. The van der Waals surface area contributed by atoms with Gasteiger partial charge in [-0.15, -0.1) is 6.58 Å². The average Bonchev–Trinajstić information content (AvgIpc) is 3.25. The van der Waals surface area contributed by atoms with Gasteiger partial charge in [0.15, 0.2) is 0 Å². The molecule has 0 bridgehead atoms. The number of nitrogens with one attached hydrogen (secondary N) is 3. The molecule has 11 heteroatoms. The number of halogens is 1. The minimum Gasteiger partial charge on any atom is -0.457 e. The van der Waals surface area contributed by atoms with Gasteiger partial charge >= 0.3 is 0 Å². The number of anilines is 2. The molecular weight excluding hydrogens is 732 g/mol. The van der Waals surface area contributed by atoms with E-state index in [2.05, 4.69) is 33.5 Å². The number of allylic oxidation sites excluding steroid dienone is 1. The van der Waals surface area contributed by atoms with E-state index in [-0.39, 0.29) is 29.9 Å². The smallest absolute Gasteiger partial charge is 0.251 e. The number of carbonyl (C=O) groups excluding carboxylic acids is 3. The average molecular weight is 787 g/mol. The van der Waals surface area contributed by atoms with Crippen molar-refractivity contribution in [2.45, 2.75) is 64.2 Å². The third-order valence-electron chi connectivity index (χ3n) is 10.5. The monoisotopic (exact) mass is 786 g/mol. The molecule has 0 aliphatic carbocycles. The molecule has 2 atom stereocenters. The van der Waals surface area contributed by atoms with Crippen LogP contribution in [0.25, 0.3) is 10.8 Å². The molecule has 10 nitrogen and oxygen atoms in total. The summed E-state index contributed by atoms with van der Waals surface area (Å²) in [7, 11) is 4.07. The quantitative estimate of drug-likeness (QED) is 0.0672. The van der Waals surface area contributed by atoms with Gasteiger partial charge in [-0.3, -0.25) is 23.7 Å². The normalized spacial score (nSPS) is 13.8. The zero-order valence-corrected chi connectivity index (χ0v) is 34.1. The van der Waals surface area contributed by atoms with Crippen LogP contribution in [0.3, 0.4) is 0 Å². The minimum atomic E-state index is -0.321. The standard InChI is InChI=1S/C46H52N6O4.CH3F/c1-6-7-12-42(46(55)47-4)51(5)29-36-28-38(19-17-35(36)30-53)52-25-23-37(24-26-52)49-44-14-9-11-41(50-44)32(3)48-45(54)34-18-22-40-33(27-34)10-8-13-43(40)56-39-20-15-31(2)16-21-39;1-2/h6,8-11,13-22,27-28,30,32,37,42H,1,7,12,23-26,29H2,2-5H3,(H,47,55)(H,48,54)(H,49,50);1H3. The van der Waals surface area contributed by atoms with Crippen LogP contribution in [0.5, 0.6) is 11.5 Å². The van der Waals surface area contributed by atoms with Crippen LogP contribution in [-0.4, -0.2) is 74.4 Å². The number of ether oxygens (including phenoxy) is 1. The van der Waals surface area contributed by atoms with E-state index in [4.69, 9.17) is 9.72 Å². The Labute approximate surface area is 341 Å². The van der Waals surface area contributed by atoms with E-state index in [0.717, 1.165) is 83.7 Å². The Morgan fingerprint density at radius 1 is 1.00 bits per heavy atom. The van der Waals surface area contributed by atoms with Gasteiger partial charge in [-0.25, -0.2) is 4.98 Å². The molecule has 4 aromatic carbocycles. The van der Waals surface area contributed by atoms with Crippen molar-refractivity contribution in [2.75, 3.05) is 44.6 Å². The molecule has 58 heavy (non-hydrogen) atoms. The van der Waals surface area contributed by atoms with Crippen molar-refractivity contribution in [1.82, 2.24) is 20.5 Å². The predicted molar refractivity (Wildman–Crippen MR) is 232 cm³/mol. The van der Waals surface area contributed by atoms with Gasteiger partial charge in [0.25, 0.3) is 5.91 Å². The van der Waals surface area contributed by atoms with E-state index in [1.807, 2.05) is 123 Å².